The minimum atomic E-state index is -0.285. The van der Waals surface area contributed by atoms with Crippen LogP contribution in [-0.4, -0.2) is 0 Å². The lowest BCUT2D eigenvalue weighted by Gasteiger charge is -2.05. The number of hydrogen-bond acceptors (Lipinski definition) is 2. The molecule has 0 aliphatic rings. The maximum atomic E-state index is 13.1. The summed E-state index contributed by atoms with van der Waals surface area (Å²) in [5, 5.41) is 0. The summed E-state index contributed by atoms with van der Waals surface area (Å²) >= 11 is 5.13. The zero-order valence-corrected chi connectivity index (χ0v) is 11.4. The fourth-order valence-corrected chi connectivity index (χ4v) is 2.98. The van der Waals surface area contributed by atoms with Gasteiger partial charge in [-0.3, -0.25) is 0 Å². The van der Waals surface area contributed by atoms with Crippen LogP contribution in [0.25, 0.3) is 0 Å². The molecule has 0 radical (unpaired) electrons. The molecule has 0 aliphatic carbocycles. The molecule has 0 amide bonds. The summed E-state index contributed by atoms with van der Waals surface area (Å²) in [5.41, 5.74) is 6.96. The molecule has 0 atom stereocenters. The molecule has 2 rings (SSSR count). The van der Waals surface area contributed by atoms with E-state index in [1.165, 1.54) is 12.1 Å². The number of thioether (sulfide) groups is 1. The molecule has 2 aromatic rings. The van der Waals surface area contributed by atoms with Gasteiger partial charge in [-0.25, -0.2) is 4.39 Å². The maximum Gasteiger partial charge on any atom is 0.125 e. The van der Waals surface area contributed by atoms with Crippen LogP contribution >= 0.6 is 27.7 Å². The Morgan fingerprint density at radius 2 is 1.94 bits per heavy atom. The molecule has 0 aliphatic heterocycles. The van der Waals surface area contributed by atoms with E-state index >= 15 is 0 Å². The Hall–Kier alpha value is -1.00. The van der Waals surface area contributed by atoms with Crippen LogP contribution in [0.5, 0.6) is 0 Å². The van der Waals surface area contributed by atoms with E-state index in [4.69, 9.17) is 5.73 Å². The summed E-state index contributed by atoms with van der Waals surface area (Å²) in [7, 11) is 0. The van der Waals surface area contributed by atoms with Gasteiger partial charge in [0.1, 0.15) is 5.82 Å². The minimum absolute atomic E-state index is 0.285. The molecule has 4 heteroatoms. The normalized spacial score (nSPS) is 10.5. The second kappa shape index (κ2) is 5.56. The van der Waals surface area contributed by atoms with Crippen molar-refractivity contribution in [3.05, 3.63) is 58.3 Å². The second-order valence-corrected chi connectivity index (χ2v) is 5.48. The van der Waals surface area contributed by atoms with E-state index in [0.29, 0.717) is 11.4 Å². The summed E-state index contributed by atoms with van der Waals surface area (Å²) in [6.07, 6.45) is 0. The second-order valence-electron chi connectivity index (χ2n) is 3.61. The van der Waals surface area contributed by atoms with E-state index < -0.39 is 0 Å². The summed E-state index contributed by atoms with van der Waals surface area (Å²) in [6.45, 7) is 0. The van der Waals surface area contributed by atoms with Gasteiger partial charge in [0.2, 0.25) is 0 Å². The molecular weight excluding hydrogens is 301 g/mol. The standard InChI is InChI=1S/C13H11BrFNS/c14-12-3-1-2-4-13(12)17-8-9-5-10(15)7-11(16)6-9/h1-7H,8,16H2. The Balaban J connectivity index is 2.10. The highest BCUT2D eigenvalue weighted by Gasteiger charge is 2.02. The van der Waals surface area contributed by atoms with Crippen LogP contribution in [0, 0.1) is 5.82 Å². The predicted molar refractivity (Wildman–Crippen MR) is 74.5 cm³/mol. The van der Waals surface area contributed by atoms with Crippen LogP contribution in [-0.2, 0) is 5.75 Å². The number of halogens is 2. The van der Waals surface area contributed by atoms with Crippen molar-refractivity contribution in [2.45, 2.75) is 10.6 Å². The summed E-state index contributed by atoms with van der Waals surface area (Å²) in [5.74, 6) is 0.414. The Labute approximate surface area is 112 Å². The van der Waals surface area contributed by atoms with Crippen LogP contribution in [0.15, 0.2) is 51.8 Å². The topological polar surface area (TPSA) is 26.0 Å². The van der Waals surface area contributed by atoms with Crippen molar-refractivity contribution in [2.24, 2.45) is 0 Å². The van der Waals surface area contributed by atoms with Crippen molar-refractivity contribution in [3.63, 3.8) is 0 Å². The number of nitrogen functional groups attached to an aromatic ring is 1. The van der Waals surface area contributed by atoms with Crippen LogP contribution in [0.2, 0.25) is 0 Å². The Kier molecular flexibility index (Phi) is 4.07. The van der Waals surface area contributed by atoms with Gasteiger partial charge in [-0.1, -0.05) is 12.1 Å². The molecule has 2 N–H and O–H groups in total. The fourth-order valence-electron chi connectivity index (χ4n) is 1.48. The lowest BCUT2D eigenvalue weighted by atomic mass is 10.2. The molecule has 0 aromatic heterocycles. The first-order valence-electron chi connectivity index (χ1n) is 5.07. The van der Waals surface area contributed by atoms with Gasteiger partial charge in [-0.2, -0.15) is 0 Å². The van der Waals surface area contributed by atoms with Gasteiger partial charge in [-0.15, -0.1) is 11.8 Å². The van der Waals surface area contributed by atoms with E-state index in [9.17, 15) is 4.39 Å². The van der Waals surface area contributed by atoms with Crippen molar-refractivity contribution in [1.29, 1.82) is 0 Å². The van der Waals surface area contributed by atoms with Crippen molar-refractivity contribution >= 4 is 33.4 Å². The first kappa shape index (κ1) is 12.5. The van der Waals surface area contributed by atoms with Crippen LogP contribution in [0.1, 0.15) is 5.56 Å². The van der Waals surface area contributed by atoms with Crippen molar-refractivity contribution in [2.75, 3.05) is 5.73 Å². The average Bonchev–Trinajstić information content (AvgIpc) is 2.27. The molecule has 0 heterocycles. The quantitative estimate of drug-likeness (QED) is 0.669. The zero-order chi connectivity index (χ0) is 12.3. The molecule has 0 saturated heterocycles. The maximum absolute atomic E-state index is 13.1. The monoisotopic (exact) mass is 311 g/mol. The Morgan fingerprint density at radius 3 is 2.65 bits per heavy atom. The average molecular weight is 312 g/mol. The van der Waals surface area contributed by atoms with Gasteiger partial charge in [0.15, 0.2) is 0 Å². The van der Waals surface area contributed by atoms with E-state index in [0.717, 1.165) is 14.9 Å². The van der Waals surface area contributed by atoms with Crippen LogP contribution in [0.3, 0.4) is 0 Å². The molecule has 0 saturated carbocycles. The van der Waals surface area contributed by atoms with E-state index in [2.05, 4.69) is 15.9 Å². The third-order valence-corrected chi connectivity index (χ3v) is 4.31. The van der Waals surface area contributed by atoms with Crippen molar-refractivity contribution in [3.8, 4) is 0 Å². The SMILES string of the molecule is Nc1cc(F)cc(CSc2ccccc2Br)c1. The predicted octanol–water partition coefficient (Wildman–Crippen LogP) is 4.46. The third-order valence-electron chi connectivity index (χ3n) is 2.21. The number of hydrogen-bond donors (Lipinski definition) is 1. The summed E-state index contributed by atoms with van der Waals surface area (Å²) < 4.78 is 14.2. The fraction of sp³-hybridized carbons (Fsp3) is 0.0769. The largest absolute Gasteiger partial charge is 0.399 e. The van der Waals surface area contributed by atoms with Gasteiger partial charge in [0, 0.05) is 20.8 Å². The molecule has 2 aromatic carbocycles. The lowest BCUT2D eigenvalue weighted by molar-refractivity contribution is 0.627. The van der Waals surface area contributed by atoms with Crippen molar-refractivity contribution in [1.82, 2.24) is 0 Å². The first-order valence-corrected chi connectivity index (χ1v) is 6.85. The first-order chi connectivity index (χ1) is 8.15. The summed E-state index contributed by atoms with van der Waals surface area (Å²) in [6, 6.07) is 12.6. The summed E-state index contributed by atoms with van der Waals surface area (Å²) in [4.78, 5) is 1.13. The van der Waals surface area contributed by atoms with Gasteiger partial charge < -0.3 is 5.73 Å². The molecule has 0 fully saturated rings. The highest BCUT2D eigenvalue weighted by Crippen LogP contribution is 2.30. The number of anilines is 1. The smallest absolute Gasteiger partial charge is 0.125 e. The van der Waals surface area contributed by atoms with Gasteiger partial charge in [0.25, 0.3) is 0 Å². The number of nitrogens with two attached hydrogens (primary N) is 1. The molecule has 0 bridgehead atoms. The number of rotatable bonds is 3. The van der Waals surface area contributed by atoms with Crippen molar-refractivity contribution < 1.29 is 4.39 Å². The number of benzene rings is 2. The van der Waals surface area contributed by atoms with E-state index in [1.807, 2.05) is 24.3 Å². The third kappa shape index (κ3) is 3.48. The van der Waals surface area contributed by atoms with E-state index in [1.54, 1.807) is 17.8 Å². The van der Waals surface area contributed by atoms with Crippen LogP contribution < -0.4 is 5.73 Å². The van der Waals surface area contributed by atoms with Gasteiger partial charge in [0.05, 0.1) is 0 Å². The Morgan fingerprint density at radius 1 is 1.18 bits per heavy atom. The molecule has 17 heavy (non-hydrogen) atoms. The van der Waals surface area contributed by atoms with Gasteiger partial charge >= 0.3 is 0 Å². The highest BCUT2D eigenvalue weighted by molar-refractivity contribution is 9.10. The molecule has 0 spiro atoms. The Bertz CT molecular complexity index is 510. The minimum Gasteiger partial charge on any atom is -0.399 e. The highest BCUT2D eigenvalue weighted by atomic mass is 79.9. The van der Waals surface area contributed by atoms with Gasteiger partial charge in [-0.05, 0) is 51.8 Å². The molecule has 1 nitrogen and oxygen atoms in total. The molecular formula is C13H11BrFNS. The molecule has 88 valence electrons. The zero-order valence-electron chi connectivity index (χ0n) is 8.99. The van der Waals surface area contributed by atoms with Crippen LogP contribution in [0.4, 0.5) is 10.1 Å². The molecule has 0 unspecified atom stereocenters. The van der Waals surface area contributed by atoms with E-state index in [-0.39, 0.29) is 5.82 Å². The lowest BCUT2D eigenvalue weighted by Crippen LogP contribution is -1.90.